The molecule has 0 aliphatic heterocycles. The second kappa shape index (κ2) is 10.7. The van der Waals surface area contributed by atoms with Crippen molar-refractivity contribution in [3.05, 3.63) is 99.8 Å². The third-order valence-electron chi connectivity index (χ3n) is 5.66. The smallest absolute Gasteiger partial charge is 0.260 e. The lowest BCUT2D eigenvalue weighted by Crippen LogP contribution is -2.25. The number of hydrogen-bond donors (Lipinski definition) is 1. The highest BCUT2D eigenvalue weighted by Crippen LogP contribution is 2.32. The number of methoxy groups -OCH3 is 1. The second-order valence-corrected chi connectivity index (χ2v) is 8.39. The summed E-state index contributed by atoms with van der Waals surface area (Å²) < 4.78 is 26.5. The highest BCUT2D eigenvalue weighted by Gasteiger charge is 2.14. The minimum atomic E-state index is -0.784. The van der Waals surface area contributed by atoms with Crippen molar-refractivity contribution in [1.82, 2.24) is 20.0 Å². The topological polar surface area (TPSA) is 108 Å². The normalized spacial score (nSPS) is 11.2. The molecule has 11 heteroatoms. The number of rotatable bonds is 7. The van der Waals surface area contributed by atoms with Gasteiger partial charge in [-0.25, -0.2) is 10.4 Å². The van der Waals surface area contributed by atoms with Crippen LogP contribution in [0.15, 0.2) is 82.8 Å². The number of para-hydroxylation sites is 2. The summed E-state index contributed by atoms with van der Waals surface area (Å²) in [5.41, 5.74) is 4.30. The number of hydrogen-bond acceptors (Lipinski definition) is 7. The minimum Gasteiger partial charge on any atom is -0.493 e. The average Bonchev–Trinajstić information content (AvgIpc) is 2.93. The van der Waals surface area contributed by atoms with Crippen LogP contribution in [0, 0.1) is 5.82 Å². The van der Waals surface area contributed by atoms with Crippen LogP contribution in [0.5, 0.6) is 17.4 Å². The number of halogens is 2. The van der Waals surface area contributed by atoms with Gasteiger partial charge in [-0.05, 0) is 59.6 Å². The summed E-state index contributed by atoms with van der Waals surface area (Å²) in [6.45, 7) is -0.0538. The summed E-state index contributed by atoms with van der Waals surface area (Å²) in [5.74, 6) is -1.05. The molecule has 0 spiro atoms. The lowest BCUT2D eigenvalue weighted by atomic mass is 10.1. The second-order valence-electron chi connectivity index (χ2n) is 8.05. The van der Waals surface area contributed by atoms with Crippen LogP contribution in [-0.4, -0.2) is 33.8 Å². The Hall–Kier alpha value is -4.83. The first-order valence-electron chi connectivity index (χ1n) is 11.3. The molecule has 9 nitrogen and oxygen atoms in total. The predicted molar refractivity (Wildman–Crippen MR) is 142 cm³/mol. The van der Waals surface area contributed by atoms with Crippen molar-refractivity contribution in [3.63, 3.8) is 0 Å². The fraction of sp³-hybridized carbons (Fsp3) is 0.0741. The Labute approximate surface area is 220 Å². The van der Waals surface area contributed by atoms with E-state index in [1.165, 1.54) is 19.4 Å². The molecule has 0 aliphatic carbocycles. The number of fused-ring (bicyclic) bond motifs is 2. The minimum absolute atomic E-state index is 0.0538. The van der Waals surface area contributed by atoms with Crippen LogP contribution in [0.3, 0.4) is 0 Å². The molecule has 5 aromatic rings. The summed E-state index contributed by atoms with van der Waals surface area (Å²) in [6, 6.07) is 19.1. The summed E-state index contributed by atoms with van der Waals surface area (Å²) in [5, 5.41) is 4.93. The number of pyridine rings is 1. The maximum Gasteiger partial charge on any atom is 0.260 e. The fourth-order valence-electron chi connectivity index (χ4n) is 3.96. The molecule has 0 unspecified atom stereocenters. The van der Waals surface area contributed by atoms with Crippen molar-refractivity contribution in [2.24, 2.45) is 5.10 Å². The monoisotopic (exact) mass is 531 g/mol. The van der Waals surface area contributed by atoms with E-state index in [1.807, 2.05) is 12.1 Å². The molecule has 2 heterocycles. The van der Waals surface area contributed by atoms with Gasteiger partial charge in [0.15, 0.2) is 16.9 Å². The number of amides is 1. The van der Waals surface area contributed by atoms with Crippen molar-refractivity contribution < 1.29 is 18.7 Å². The zero-order valence-corrected chi connectivity index (χ0v) is 20.6. The molecule has 1 amide bonds. The molecule has 0 bridgehead atoms. The Balaban J connectivity index is 1.34. The van der Waals surface area contributed by atoms with E-state index in [2.05, 4.69) is 20.5 Å². The van der Waals surface area contributed by atoms with Crippen LogP contribution in [-0.2, 0) is 11.3 Å². The molecule has 2 aromatic heterocycles. The number of hydrazone groups is 1. The molecule has 5 rings (SSSR count). The first-order chi connectivity index (χ1) is 18.4. The third kappa shape index (κ3) is 5.02. The Morgan fingerprint density at radius 2 is 1.76 bits per heavy atom. The molecule has 3 aromatic carbocycles. The highest BCUT2D eigenvalue weighted by molar-refractivity contribution is 6.28. The predicted octanol–water partition coefficient (Wildman–Crippen LogP) is 4.69. The van der Waals surface area contributed by atoms with Gasteiger partial charge in [0.05, 0.1) is 30.6 Å². The first-order valence-corrected chi connectivity index (χ1v) is 11.7. The maximum atomic E-state index is 13.9. The zero-order valence-electron chi connectivity index (χ0n) is 19.9. The van der Waals surface area contributed by atoms with Crippen molar-refractivity contribution in [3.8, 4) is 17.4 Å². The van der Waals surface area contributed by atoms with E-state index in [9.17, 15) is 14.0 Å². The fourth-order valence-corrected chi connectivity index (χ4v) is 4.09. The van der Waals surface area contributed by atoms with Crippen LogP contribution < -0.4 is 20.3 Å². The van der Waals surface area contributed by atoms with Crippen LogP contribution >= 0.6 is 11.6 Å². The van der Waals surface area contributed by atoms with E-state index < -0.39 is 5.82 Å². The number of ether oxygens (including phenoxy) is 2. The quantitative estimate of drug-likeness (QED) is 0.141. The molecule has 38 heavy (non-hydrogen) atoms. The van der Waals surface area contributed by atoms with Gasteiger partial charge in [0.1, 0.15) is 6.54 Å². The average molecular weight is 532 g/mol. The molecule has 0 saturated heterocycles. The van der Waals surface area contributed by atoms with E-state index in [-0.39, 0.29) is 40.5 Å². The molecular weight excluding hydrogens is 513 g/mol. The Morgan fingerprint density at radius 3 is 2.45 bits per heavy atom. The van der Waals surface area contributed by atoms with Crippen LogP contribution in [0.4, 0.5) is 4.39 Å². The molecule has 0 atom stereocenters. The number of aromatic nitrogens is 3. The number of nitrogens with one attached hydrogen (secondary N) is 1. The SMILES string of the molecule is COc1cc(C=NNC(=O)Cn2c3ccccc3c(=O)c3ccccc32)ccc1Oc1nc(Cl)ncc1F. The van der Waals surface area contributed by atoms with E-state index in [1.54, 1.807) is 53.1 Å². The maximum absolute atomic E-state index is 13.9. The Kier molecular flexibility index (Phi) is 6.96. The Morgan fingerprint density at radius 1 is 1.08 bits per heavy atom. The number of benzene rings is 3. The van der Waals surface area contributed by atoms with Crippen molar-refractivity contribution in [2.45, 2.75) is 6.54 Å². The van der Waals surface area contributed by atoms with Gasteiger partial charge in [0.25, 0.3) is 11.8 Å². The van der Waals surface area contributed by atoms with Gasteiger partial charge < -0.3 is 14.0 Å². The largest absolute Gasteiger partial charge is 0.493 e. The van der Waals surface area contributed by atoms with Gasteiger partial charge in [-0.2, -0.15) is 14.5 Å². The summed E-state index contributed by atoms with van der Waals surface area (Å²) in [4.78, 5) is 32.9. The van der Waals surface area contributed by atoms with E-state index in [4.69, 9.17) is 21.1 Å². The van der Waals surface area contributed by atoms with Crippen LogP contribution in [0.1, 0.15) is 5.56 Å². The zero-order chi connectivity index (χ0) is 26.6. The molecule has 190 valence electrons. The summed E-state index contributed by atoms with van der Waals surface area (Å²) >= 11 is 5.71. The molecule has 0 fully saturated rings. The number of nitrogens with zero attached hydrogens (tertiary/aromatic N) is 4. The van der Waals surface area contributed by atoms with Gasteiger partial charge in [0, 0.05) is 10.8 Å². The standard InChI is InChI=1S/C27H19ClFN5O4/c1-37-23-12-16(10-11-22(23)38-26-19(29)14-30-27(28)32-26)13-31-33-24(35)15-34-20-8-4-2-6-17(20)25(36)18-7-3-5-9-21(18)34/h2-14H,15H2,1H3,(H,33,35). The summed E-state index contributed by atoms with van der Waals surface area (Å²) in [7, 11) is 1.42. The van der Waals surface area contributed by atoms with Crippen molar-refractivity contribution in [1.29, 1.82) is 0 Å². The van der Waals surface area contributed by atoms with Crippen molar-refractivity contribution in [2.75, 3.05) is 7.11 Å². The van der Waals surface area contributed by atoms with Gasteiger partial charge in [-0.3, -0.25) is 9.59 Å². The van der Waals surface area contributed by atoms with Gasteiger partial charge in [-0.15, -0.1) is 0 Å². The molecule has 1 N–H and O–H groups in total. The molecular formula is C27H19ClFN5O4. The van der Waals surface area contributed by atoms with Crippen molar-refractivity contribution >= 4 is 45.5 Å². The van der Waals surface area contributed by atoms with Gasteiger partial charge in [-0.1, -0.05) is 24.3 Å². The Bertz CT molecular complexity index is 1710. The first kappa shape index (κ1) is 24.8. The van der Waals surface area contributed by atoms with E-state index in [0.29, 0.717) is 27.4 Å². The van der Waals surface area contributed by atoms with Gasteiger partial charge in [0.2, 0.25) is 11.1 Å². The number of carbonyl (C=O) groups is 1. The molecule has 0 aliphatic rings. The lowest BCUT2D eigenvalue weighted by Gasteiger charge is -2.14. The van der Waals surface area contributed by atoms with E-state index >= 15 is 0 Å². The lowest BCUT2D eigenvalue weighted by molar-refractivity contribution is -0.121. The summed E-state index contributed by atoms with van der Waals surface area (Å²) in [6.07, 6.45) is 2.33. The highest BCUT2D eigenvalue weighted by atomic mass is 35.5. The van der Waals surface area contributed by atoms with Crippen LogP contribution in [0.2, 0.25) is 5.28 Å². The van der Waals surface area contributed by atoms with Gasteiger partial charge >= 0.3 is 0 Å². The molecule has 0 radical (unpaired) electrons. The molecule has 0 saturated carbocycles. The number of carbonyl (C=O) groups excluding carboxylic acids is 1. The van der Waals surface area contributed by atoms with E-state index in [0.717, 1.165) is 6.20 Å². The third-order valence-corrected chi connectivity index (χ3v) is 5.84. The van der Waals surface area contributed by atoms with Crippen LogP contribution in [0.25, 0.3) is 21.8 Å².